The second-order valence-corrected chi connectivity index (χ2v) is 6.78. The van der Waals surface area contributed by atoms with E-state index in [1.54, 1.807) is 47.8 Å². The Hall–Kier alpha value is -3.23. The fourth-order valence-electron chi connectivity index (χ4n) is 2.20. The predicted octanol–water partition coefficient (Wildman–Crippen LogP) is 3.59. The third-order valence-electron chi connectivity index (χ3n) is 3.55. The monoisotopic (exact) mass is 399 g/mol. The summed E-state index contributed by atoms with van der Waals surface area (Å²) in [6.07, 6.45) is 1.43. The van der Waals surface area contributed by atoms with Gasteiger partial charge in [-0.3, -0.25) is 15.0 Å². The van der Waals surface area contributed by atoms with E-state index in [0.717, 1.165) is 0 Å². The Morgan fingerprint density at radius 1 is 1.00 bits per heavy atom. The van der Waals surface area contributed by atoms with Crippen molar-refractivity contribution in [2.45, 2.75) is 0 Å². The molecule has 2 aromatic heterocycles. The molecule has 27 heavy (non-hydrogen) atoms. The van der Waals surface area contributed by atoms with Crippen molar-refractivity contribution >= 4 is 52.1 Å². The molecule has 7 nitrogen and oxygen atoms in total. The topological polar surface area (TPSA) is 121 Å². The summed E-state index contributed by atoms with van der Waals surface area (Å²) in [4.78, 5) is 29.2. The highest BCUT2D eigenvalue weighted by Crippen LogP contribution is 2.24. The van der Waals surface area contributed by atoms with Crippen LogP contribution in [-0.2, 0) is 0 Å². The average molecular weight is 400 g/mol. The number of carbonyl (C=O) groups is 2. The number of nitrogen functional groups attached to an aromatic ring is 1. The van der Waals surface area contributed by atoms with Crippen LogP contribution in [0.25, 0.3) is 0 Å². The molecule has 0 bridgehead atoms. The van der Waals surface area contributed by atoms with Crippen LogP contribution in [0.1, 0.15) is 25.6 Å². The fraction of sp³-hybridized carbons (Fsp3) is 0. The Morgan fingerprint density at radius 2 is 1.70 bits per heavy atom. The number of amidine groups is 1. The molecule has 3 rings (SSSR count). The molecule has 0 saturated carbocycles. The lowest BCUT2D eigenvalue weighted by Gasteiger charge is -2.08. The number of carbonyl (C=O) groups excluding carboxylic acids is 2. The summed E-state index contributed by atoms with van der Waals surface area (Å²) in [5.41, 5.74) is 6.71. The van der Waals surface area contributed by atoms with E-state index in [4.69, 9.17) is 22.7 Å². The van der Waals surface area contributed by atoms with Crippen molar-refractivity contribution in [1.82, 2.24) is 4.98 Å². The van der Waals surface area contributed by atoms with Gasteiger partial charge < -0.3 is 16.4 Å². The zero-order chi connectivity index (χ0) is 19.4. The summed E-state index contributed by atoms with van der Waals surface area (Å²) < 4.78 is 0. The van der Waals surface area contributed by atoms with Crippen molar-refractivity contribution in [3.63, 3.8) is 0 Å². The van der Waals surface area contributed by atoms with E-state index in [9.17, 15) is 9.59 Å². The van der Waals surface area contributed by atoms with Crippen molar-refractivity contribution in [2.75, 3.05) is 10.6 Å². The van der Waals surface area contributed by atoms with Crippen LogP contribution in [0.2, 0.25) is 5.02 Å². The van der Waals surface area contributed by atoms with Crippen molar-refractivity contribution in [3.05, 3.63) is 75.1 Å². The number of rotatable bonds is 5. The number of halogens is 1. The predicted molar refractivity (Wildman–Crippen MR) is 107 cm³/mol. The summed E-state index contributed by atoms with van der Waals surface area (Å²) >= 11 is 6.97. The first-order valence-corrected chi connectivity index (χ1v) is 8.96. The number of hydrogen-bond donors (Lipinski definition) is 4. The average Bonchev–Trinajstić information content (AvgIpc) is 3.12. The summed E-state index contributed by atoms with van der Waals surface area (Å²) in [7, 11) is 0. The molecule has 136 valence electrons. The van der Waals surface area contributed by atoms with Gasteiger partial charge in [-0.1, -0.05) is 23.7 Å². The molecule has 0 aliphatic carbocycles. The van der Waals surface area contributed by atoms with Crippen LogP contribution >= 0.6 is 22.9 Å². The maximum atomic E-state index is 12.5. The zero-order valence-electron chi connectivity index (χ0n) is 13.8. The summed E-state index contributed by atoms with van der Waals surface area (Å²) in [6, 6.07) is 11.2. The van der Waals surface area contributed by atoms with Crippen LogP contribution in [0.4, 0.5) is 11.5 Å². The van der Waals surface area contributed by atoms with Crippen LogP contribution in [0, 0.1) is 5.41 Å². The number of nitrogens with zero attached hydrogens (tertiary/aromatic N) is 1. The standard InChI is InChI=1S/C18H14ClN5O2S/c19-12-5-6-14(22-9-12)24-18(26)15-13(7-8-27-15)23-17(25)11-3-1-10(2-4-11)16(20)21/h1-9H,(H3,20,21)(H,23,25)(H,22,24,26). The van der Waals surface area contributed by atoms with Gasteiger partial charge in [0.15, 0.2) is 0 Å². The van der Waals surface area contributed by atoms with Crippen LogP contribution in [0.5, 0.6) is 0 Å². The zero-order valence-corrected chi connectivity index (χ0v) is 15.4. The molecule has 2 heterocycles. The van der Waals surface area contributed by atoms with Crippen molar-refractivity contribution < 1.29 is 9.59 Å². The number of benzene rings is 1. The number of thiophene rings is 1. The molecule has 0 radical (unpaired) electrons. The van der Waals surface area contributed by atoms with Gasteiger partial charge in [0.25, 0.3) is 11.8 Å². The van der Waals surface area contributed by atoms with Gasteiger partial charge in [-0.2, -0.15) is 0 Å². The van der Waals surface area contributed by atoms with E-state index in [1.807, 2.05) is 0 Å². The Kier molecular flexibility index (Phi) is 5.49. The highest BCUT2D eigenvalue weighted by atomic mass is 35.5. The minimum atomic E-state index is -0.387. The molecule has 1 aromatic carbocycles. The molecule has 0 saturated heterocycles. The Morgan fingerprint density at radius 3 is 2.33 bits per heavy atom. The molecule has 0 atom stereocenters. The first kappa shape index (κ1) is 18.6. The lowest BCUT2D eigenvalue weighted by atomic mass is 10.1. The Bertz CT molecular complexity index is 999. The Labute approximate surface area is 163 Å². The van der Waals surface area contributed by atoms with Gasteiger partial charge in [0.05, 0.1) is 10.7 Å². The quantitative estimate of drug-likeness (QED) is 0.387. The van der Waals surface area contributed by atoms with Crippen LogP contribution in [0.15, 0.2) is 54.0 Å². The number of pyridine rings is 1. The van der Waals surface area contributed by atoms with E-state index in [2.05, 4.69) is 15.6 Å². The normalized spacial score (nSPS) is 10.3. The molecule has 0 aliphatic rings. The Balaban J connectivity index is 1.72. The first-order chi connectivity index (χ1) is 12.9. The van der Waals surface area contributed by atoms with E-state index < -0.39 is 0 Å². The van der Waals surface area contributed by atoms with Crippen LogP contribution in [-0.4, -0.2) is 22.6 Å². The van der Waals surface area contributed by atoms with Gasteiger partial charge in [-0.25, -0.2) is 4.98 Å². The highest BCUT2D eigenvalue weighted by molar-refractivity contribution is 7.12. The van der Waals surface area contributed by atoms with Crippen molar-refractivity contribution in [1.29, 1.82) is 5.41 Å². The maximum absolute atomic E-state index is 12.5. The van der Waals surface area contributed by atoms with Gasteiger partial charge in [0, 0.05) is 17.3 Å². The van der Waals surface area contributed by atoms with E-state index in [-0.39, 0.29) is 17.6 Å². The summed E-state index contributed by atoms with van der Waals surface area (Å²) in [5.74, 6) is -0.478. The molecular formula is C18H14ClN5O2S. The lowest BCUT2D eigenvalue weighted by molar-refractivity contribution is 0.102. The molecule has 9 heteroatoms. The third kappa shape index (κ3) is 4.49. The summed E-state index contributed by atoms with van der Waals surface area (Å²) in [5, 5.41) is 14.9. The van der Waals surface area contributed by atoms with Gasteiger partial charge >= 0.3 is 0 Å². The lowest BCUT2D eigenvalue weighted by Crippen LogP contribution is -2.17. The van der Waals surface area contributed by atoms with E-state index in [0.29, 0.717) is 32.5 Å². The second kappa shape index (κ2) is 7.98. The van der Waals surface area contributed by atoms with E-state index in [1.165, 1.54) is 17.5 Å². The van der Waals surface area contributed by atoms with Crippen molar-refractivity contribution in [3.8, 4) is 0 Å². The molecule has 0 unspecified atom stereocenters. The number of anilines is 2. The van der Waals surface area contributed by atoms with Gasteiger partial charge in [-0.15, -0.1) is 11.3 Å². The smallest absolute Gasteiger partial charge is 0.269 e. The molecule has 3 aromatic rings. The molecule has 0 aliphatic heterocycles. The molecular weight excluding hydrogens is 386 g/mol. The molecule has 0 fully saturated rings. The second-order valence-electron chi connectivity index (χ2n) is 5.42. The fourth-order valence-corrected chi connectivity index (χ4v) is 3.06. The third-order valence-corrected chi connectivity index (χ3v) is 4.68. The number of nitrogens with two attached hydrogens (primary N) is 1. The van der Waals surface area contributed by atoms with Crippen LogP contribution in [0.3, 0.4) is 0 Å². The van der Waals surface area contributed by atoms with Crippen molar-refractivity contribution in [2.24, 2.45) is 5.73 Å². The molecule has 2 amide bonds. The molecule has 5 N–H and O–H groups in total. The number of nitrogens with one attached hydrogen (secondary N) is 3. The van der Waals surface area contributed by atoms with E-state index >= 15 is 0 Å². The first-order valence-electron chi connectivity index (χ1n) is 7.70. The van der Waals surface area contributed by atoms with Gasteiger partial charge in [-0.05, 0) is 35.7 Å². The maximum Gasteiger partial charge on any atom is 0.269 e. The van der Waals surface area contributed by atoms with Gasteiger partial charge in [0.1, 0.15) is 16.5 Å². The molecule has 0 spiro atoms. The minimum Gasteiger partial charge on any atom is -0.384 e. The SMILES string of the molecule is N=C(N)c1ccc(C(=O)Nc2ccsc2C(=O)Nc2ccc(Cl)cn2)cc1. The highest BCUT2D eigenvalue weighted by Gasteiger charge is 2.17. The minimum absolute atomic E-state index is 0.0745. The number of aromatic nitrogens is 1. The summed E-state index contributed by atoms with van der Waals surface area (Å²) in [6.45, 7) is 0. The van der Waals surface area contributed by atoms with Crippen LogP contribution < -0.4 is 16.4 Å². The van der Waals surface area contributed by atoms with Gasteiger partial charge in [0.2, 0.25) is 0 Å². The largest absolute Gasteiger partial charge is 0.384 e. The number of amides is 2. The number of hydrogen-bond acceptors (Lipinski definition) is 5.